The molecule has 0 atom stereocenters. The Hall–Kier alpha value is -0.930. The van der Waals surface area contributed by atoms with Gasteiger partial charge < -0.3 is 10.4 Å². The lowest BCUT2D eigenvalue weighted by atomic mass is 9.69. The second-order valence-electron chi connectivity index (χ2n) is 5.06. The SMILES string of the molecule is OCC1(CNCCc2ccc(F)cc2)CCC1. The zero-order valence-corrected chi connectivity index (χ0v) is 10.1. The average molecular weight is 237 g/mol. The van der Waals surface area contributed by atoms with Gasteiger partial charge in [-0.1, -0.05) is 18.6 Å². The number of halogens is 1. The molecule has 0 aromatic heterocycles. The van der Waals surface area contributed by atoms with E-state index in [0.717, 1.165) is 37.9 Å². The zero-order valence-electron chi connectivity index (χ0n) is 10.1. The van der Waals surface area contributed by atoms with Crippen LogP contribution < -0.4 is 5.32 Å². The van der Waals surface area contributed by atoms with E-state index < -0.39 is 0 Å². The van der Waals surface area contributed by atoms with Gasteiger partial charge in [0.25, 0.3) is 0 Å². The summed E-state index contributed by atoms with van der Waals surface area (Å²) in [4.78, 5) is 0. The lowest BCUT2D eigenvalue weighted by Crippen LogP contribution is -2.43. The summed E-state index contributed by atoms with van der Waals surface area (Å²) in [5.41, 5.74) is 1.29. The average Bonchev–Trinajstić information content (AvgIpc) is 2.30. The second-order valence-corrected chi connectivity index (χ2v) is 5.06. The molecule has 1 saturated carbocycles. The molecule has 0 aliphatic heterocycles. The van der Waals surface area contributed by atoms with Gasteiger partial charge in [0.15, 0.2) is 0 Å². The van der Waals surface area contributed by atoms with Crippen LogP contribution in [0.15, 0.2) is 24.3 Å². The van der Waals surface area contributed by atoms with Gasteiger partial charge in [-0.05, 0) is 43.5 Å². The summed E-state index contributed by atoms with van der Waals surface area (Å²) < 4.78 is 12.7. The van der Waals surface area contributed by atoms with E-state index in [1.54, 1.807) is 0 Å². The van der Waals surface area contributed by atoms with Crippen LogP contribution in [0.25, 0.3) is 0 Å². The Morgan fingerprint density at radius 2 is 1.94 bits per heavy atom. The third kappa shape index (κ3) is 3.27. The van der Waals surface area contributed by atoms with Crippen molar-refractivity contribution in [1.29, 1.82) is 0 Å². The van der Waals surface area contributed by atoms with E-state index >= 15 is 0 Å². The first-order chi connectivity index (χ1) is 8.24. The quantitative estimate of drug-likeness (QED) is 0.743. The third-order valence-corrected chi connectivity index (χ3v) is 3.75. The first-order valence-electron chi connectivity index (χ1n) is 6.30. The summed E-state index contributed by atoms with van der Waals surface area (Å²) in [5, 5.41) is 12.7. The number of aliphatic hydroxyl groups is 1. The van der Waals surface area contributed by atoms with Crippen LogP contribution in [0.2, 0.25) is 0 Å². The van der Waals surface area contributed by atoms with Crippen molar-refractivity contribution in [2.75, 3.05) is 19.7 Å². The first-order valence-corrected chi connectivity index (χ1v) is 6.30. The van der Waals surface area contributed by atoms with Crippen LogP contribution in [0, 0.1) is 11.2 Å². The number of rotatable bonds is 6. The molecule has 94 valence electrons. The maximum Gasteiger partial charge on any atom is 0.123 e. The second kappa shape index (κ2) is 5.61. The lowest BCUT2D eigenvalue weighted by Gasteiger charge is -2.40. The molecule has 0 heterocycles. The molecule has 2 nitrogen and oxygen atoms in total. The molecule has 2 rings (SSSR count). The highest BCUT2D eigenvalue weighted by atomic mass is 19.1. The Bertz CT molecular complexity index is 340. The highest BCUT2D eigenvalue weighted by Crippen LogP contribution is 2.39. The third-order valence-electron chi connectivity index (χ3n) is 3.75. The zero-order chi connectivity index (χ0) is 12.1. The Morgan fingerprint density at radius 3 is 2.47 bits per heavy atom. The first kappa shape index (κ1) is 12.5. The molecule has 1 aliphatic carbocycles. The molecule has 2 N–H and O–H groups in total. The van der Waals surface area contributed by atoms with Crippen molar-refractivity contribution in [3.8, 4) is 0 Å². The molecule has 0 bridgehead atoms. The Labute approximate surface area is 102 Å². The van der Waals surface area contributed by atoms with Crippen molar-refractivity contribution in [3.05, 3.63) is 35.6 Å². The minimum atomic E-state index is -0.185. The maximum absolute atomic E-state index is 12.7. The van der Waals surface area contributed by atoms with Crippen molar-refractivity contribution in [3.63, 3.8) is 0 Å². The smallest absolute Gasteiger partial charge is 0.123 e. The van der Waals surface area contributed by atoms with E-state index in [0.29, 0.717) is 0 Å². The summed E-state index contributed by atoms with van der Waals surface area (Å²) in [6.07, 6.45) is 4.40. The predicted octanol–water partition coefficient (Wildman–Crippen LogP) is 2.12. The van der Waals surface area contributed by atoms with Crippen molar-refractivity contribution < 1.29 is 9.50 Å². The van der Waals surface area contributed by atoms with Gasteiger partial charge in [-0.2, -0.15) is 0 Å². The van der Waals surface area contributed by atoms with Gasteiger partial charge in [-0.25, -0.2) is 4.39 Å². The number of nitrogens with one attached hydrogen (secondary N) is 1. The van der Waals surface area contributed by atoms with Crippen LogP contribution in [0.1, 0.15) is 24.8 Å². The van der Waals surface area contributed by atoms with Crippen LogP contribution in [0.3, 0.4) is 0 Å². The monoisotopic (exact) mass is 237 g/mol. The highest BCUT2D eigenvalue weighted by Gasteiger charge is 2.35. The number of hydrogen-bond acceptors (Lipinski definition) is 2. The Balaban J connectivity index is 1.67. The molecule has 0 amide bonds. The van der Waals surface area contributed by atoms with Crippen LogP contribution in [0.4, 0.5) is 4.39 Å². The van der Waals surface area contributed by atoms with Crippen molar-refractivity contribution in [2.45, 2.75) is 25.7 Å². The van der Waals surface area contributed by atoms with Crippen LogP contribution in [-0.4, -0.2) is 24.8 Å². The highest BCUT2D eigenvalue weighted by molar-refractivity contribution is 5.16. The fourth-order valence-electron chi connectivity index (χ4n) is 2.30. The van der Waals surface area contributed by atoms with Crippen molar-refractivity contribution in [1.82, 2.24) is 5.32 Å². The summed E-state index contributed by atoms with van der Waals surface area (Å²) in [6.45, 7) is 2.06. The maximum atomic E-state index is 12.7. The number of benzene rings is 1. The van der Waals surface area contributed by atoms with Crippen molar-refractivity contribution >= 4 is 0 Å². The fourth-order valence-corrected chi connectivity index (χ4v) is 2.30. The molecule has 0 radical (unpaired) electrons. The molecule has 0 unspecified atom stereocenters. The normalized spacial score (nSPS) is 17.8. The summed E-state index contributed by atoms with van der Waals surface area (Å²) >= 11 is 0. The summed E-state index contributed by atoms with van der Waals surface area (Å²) in [5.74, 6) is -0.185. The largest absolute Gasteiger partial charge is 0.396 e. The van der Waals surface area contributed by atoms with Gasteiger partial charge in [0.2, 0.25) is 0 Å². The molecule has 0 saturated heterocycles. The molecular formula is C14H20FNO. The van der Waals surface area contributed by atoms with Crippen LogP contribution in [0.5, 0.6) is 0 Å². The minimum absolute atomic E-state index is 0.142. The molecule has 1 aromatic carbocycles. The predicted molar refractivity (Wildman–Crippen MR) is 66.3 cm³/mol. The molecular weight excluding hydrogens is 217 g/mol. The molecule has 1 aromatic rings. The Morgan fingerprint density at radius 1 is 1.24 bits per heavy atom. The molecule has 17 heavy (non-hydrogen) atoms. The van der Waals surface area contributed by atoms with Crippen molar-refractivity contribution in [2.24, 2.45) is 5.41 Å². The van der Waals surface area contributed by atoms with E-state index in [1.807, 2.05) is 12.1 Å². The van der Waals surface area contributed by atoms with E-state index in [4.69, 9.17) is 0 Å². The van der Waals surface area contributed by atoms with E-state index in [2.05, 4.69) is 5.32 Å². The van der Waals surface area contributed by atoms with E-state index in [1.165, 1.54) is 18.6 Å². The van der Waals surface area contributed by atoms with Crippen LogP contribution >= 0.6 is 0 Å². The van der Waals surface area contributed by atoms with E-state index in [-0.39, 0.29) is 17.8 Å². The van der Waals surface area contributed by atoms with E-state index in [9.17, 15) is 9.50 Å². The van der Waals surface area contributed by atoms with Gasteiger partial charge in [0.05, 0.1) is 0 Å². The topological polar surface area (TPSA) is 32.3 Å². The minimum Gasteiger partial charge on any atom is -0.396 e. The van der Waals surface area contributed by atoms with Gasteiger partial charge >= 0.3 is 0 Å². The number of aliphatic hydroxyl groups excluding tert-OH is 1. The molecule has 0 spiro atoms. The number of hydrogen-bond donors (Lipinski definition) is 2. The molecule has 1 aliphatic rings. The Kier molecular flexibility index (Phi) is 4.13. The molecule has 1 fully saturated rings. The standard InChI is InChI=1S/C14H20FNO/c15-13-4-2-12(3-5-13)6-9-16-10-14(11-17)7-1-8-14/h2-5,16-17H,1,6-11H2. The van der Waals surface area contributed by atoms with Crippen LogP contribution in [-0.2, 0) is 6.42 Å². The summed E-state index contributed by atoms with van der Waals surface area (Å²) in [6, 6.07) is 6.64. The van der Waals surface area contributed by atoms with Gasteiger partial charge in [-0.3, -0.25) is 0 Å². The lowest BCUT2D eigenvalue weighted by molar-refractivity contribution is 0.0451. The van der Waals surface area contributed by atoms with Gasteiger partial charge in [0, 0.05) is 18.6 Å². The fraction of sp³-hybridized carbons (Fsp3) is 0.571. The molecule has 3 heteroatoms. The van der Waals surface area contributed by atoms with Gasteiger partial charge in [-0.15, -0.1) is 0 Å². The summed E-state index contributed by atoms with van der Waals surface area (Å²) in [7, 11) is 0. The van der Waals surface area contributed by atoms with Gasteiger partial charge in [0.1, 0.15) is 5.82 Å².